The molecule has 158 valence electrons. The van der Waals surface area contributed by atoms with E-state index >= 15 is 0 Å². The molecule has 0 radical (unpaired) electrons. The fourth-order valence-corrected chi connectivity index (χ4v) is 4.18. The summed E-state index contributed by atoms with van der Waals surface area (Å²) >= 11 is 1.24. The number of carbonyl (C=O) groups excluding carboxylic acids is 2. The Bertz CT molecular complexity index is 1280. The summed E-state index contributed by atoms with van der Waals surface area (Å²) in [7, 11) is 0. The van der Waals surface area contributed by atoms with Gasteiger partial charge in [-0.3, -0.25) is 4.79 Å². The van der Waals surface area contributed by atoms with Crippen molar-refractivity contribution in [3.05, 3.63) is 59.0 Å². The van der Waals surface area contributed by atoms with Crippen molar-refractivity contribution in [3.8, 4) is 5.75 Å². The van der Waals surface area contributed by atoms with Crippen LogP contribution in [0.15, 0.2) is 48.5 Å². The number of nitrogens with one attached hydrogen (secondary N) is 1. The number of nitrogens with two attached hydrogens (primary N) is 1. The number of hydrogen-bond acceptors (Lipinski definition) is 7. The lowest BCUT2D eigenvalue weighted by atomic mass is 10.1. The molecule has 0 spiro atoms. The Kier molecular flexibility index (Phi) is 5.73. The Morgan fingerprint density at radius 2 is 1.84 bits per heavy atom. The van der Waals surface area contributed by atoms with Gasteiger partial charge in [0.25, 0.3) is 5.91 Å². The van der Waals surface area contributed by atoms with E-state index in [-0.39, 0.29) is 5.91 Å². The lowest BCUT2D eigenvalue weighted by Gasteiger charge is -2.06. The fraction of sp³-hybridized carbons (Fsp3) is 0.174. The molecule has 0 aliphatic heterocycles. The minimum atomic E-state index is -0.403. The normalized spacial score (nSPS) is 10.9. The molecule has 0 atom stereocenters. The van der Waals surface area contributed by atoms with Gasteiger partial charge in [0.05, 0.1) is 30.0 Å². The van der Waals surface area contributed by atoms with Gasteiger partial charge in [-0.15, -0.1) is 11.3 Å². The number of nitrogen functional groups attached to an aromatic ring is 1. The number of esters is 1. The molecule has 2 aromatic carbocycles. The average molecular weight is 436 g/mol. The van der Waals surface area contributed by atoms with Crippen LogP contribution in [0.1, 0.15) is 33.9 Å². The summed E-state index contributed by atoms with van der Waals surface area (Å²) < 4.78 is 10.5. The minimum Gasteiger partial charge on any atom is -0.494 e. The van der Waals surface area contributed by atoms with Crippen LogP contribution in [-0.2, 0) is 4.74 Å². The Hall–Kier alpha value is -3.65. The predicted octanol–water partition coefficient (Wildman–Crippen LogP) is 4.86. The molecule has 4 rings (SSSR count). The summed E-state index contributed by atoms with van der Waals surface area (Å²) in [6.45, 7) is 4.56. The van der Waals surface area contributed by atoms with Gasteiger partial charge in [0, 0.05) is 16.5 Å². The molecular weight excluding hydrogens is 414 g/mol. The Morgan fingerprint density at radius 3 is 2.55 bits per heavy atom. The van der Waals surface area contributed by atoms with Crippen LogP contribution < -0.4 is 15.8 Å². The quantitative estimate of drug-likeness (QED) is 0.419. The highest BCUT2D eigenvalue weighted by molar-refractivity contribution is 7.21. The number of benzene rings is 2. The van der Waals surface area contributed by atoms with Gasteiger partial charge in [0.2, 0.25) is 0 Å². The van der Waals surface area contributed by atoms with E-state index in [2.05, 4.69) is 10.3 Å². The molecule has 0 aliphatic carbocycles. The molecule has 0 bridgehead atoms. The Labute approximate surface area is 182 Å². The van der Waals surface area contributed by atoms with Crippen LogP contribution in [0.4, 0.5) is 11.4 Å². The molecule has 3 N–H and O–H groups in total. The monoisotopic (exact) mass is 435 g/mol. The number of fused-ring (bicyclic) bond motifs is 2. The molecule has 7 nitrogen and oxygen atoms in total. The van der Waals surface area contributed by atoms with Crippen molar-refractivity contribution in [3.63, 3.8) is 0 Å². The van der Waals surface area contributed by atoms with Crippen molar-refractivity contribution >= 4 is 55.7 Å². The Balaban J connectivity index is 1.61. The molecule has 0 saturated carbocycles. The van der Waals surface area contributed by atoms with E-state index in [1.165, 1.54) is 11.3 Å². The van der Waals surface area contributed by atoms with E-state index in [0.717, 1.165) is 22.0 Å². The van der Waals surface area contributed by atoms with Crippen LogP contribution in [-0.4, -0.2) is 30.1 Å². The number of ether oxygens (including phenoxy) is 2. The third-order valence-electron chi connectivity index (χ3n) is 4.66. The number of thiophene rings is 1. The van der Waals surface area contributed by atoms with E-state index in [9.17, 15) is 9.59 Å². The smallest absolute Gasteiger partial charge is 0.338 e. The maximum absolute atomic E-state index is 12.8. The van der Waals surface area contributed by atoms with Gasteiger partial charge in [0.15, 0.2) is 0 Å². The maximum atomic E-state index is 12.8. The van der Waals surface area contributed by atoms with Crippen molar-refractivity contribution in [2.24, 2.45) is 0 Å². The molecule has 1 amide bonds. The van der Waals surface area contributed by atoms with Gasteiger partial charge >= 0.3 is 5.97 Å². The average Bonchev–Trinajstić information content (AvgIpc) is 3.09. The summed E-state index contributed by atoms with van der Waals surface area (Å²) in [4.78, 5) is 30.3. The lowest BCUT2D eigenvalue weighted by Crippen LogP contribution is -2.12. The Morgan fingerprint density at radius 1 is 1.06 bits per heavy atom. The highest BCUT2D eigenvalue weighted by Crippen LogP contribution is 2.35. The first kappa shape index (κ1) is 20.6. The van der Waals surface area contributed by atoms with Gasteiger partial charge in [-0.2, -0.15) is 0 Å². The SMILES string of the molecule is CCOC(=O)c1ccc(NC(=O)c2sc3nc4ccc(OCC)cc4cc3c2N)cc1. The summed E-state index contributed by atoms with van der Waals surface area (Å²) in [6.07, 6.45) is 0. The maximum Gasteiger partial charge on any atom is 0.338 e. The highest BCUT2D eigenvalue weighted by atomic mass is 32.1. The first-order valence-electron chi connectivity index (χ1n) is 9.84. The standard InChI is InChI=1S/C23H21N3O4S/c1-3-29-16-9-10-18-14(11-16)12-17-19(24)20(31-22(17)26-18)21(27)25-15-7-5-13(6-8-15)23(28)30-4-2/h5-12H,3-4,24H2,1-2H3,(H,25,27). The third-order valence-corrected chi connectivity index (χ3v) is 5.77. The number of rotatable bonds is 6. The van der Waals surface area contributed by atoms with E-state index in [1.807, 2.05) is 31.2 Å². The molecule has 4 aromatic rings. The van der Waals surface area contributed by atoms with E-state index in [1.54, 1.807) is 31.2 Å². The van der Waals surface area contributed by atoms with Gasteiger partial charge < -0.3 is 20.5 Å². The van der Waals surface area contributed by atoms with Crippen LogP contribution in [0.25, 0.3) is 21.1 Å². The van der Waals surface area contributed by atoms with Crippen LogP contribution in [0.2, 0.25) is 0 Å². The molecule has 2 heterocycles. The topological polar surface area (TPSA) is 104 Å². The zero-order valence-electron chi connectivity index (χ0n) is 17.1. The van der Waals surface area contributed by atoms with Crippen LogP contribution in [0.5, 0.6) is 5.75 Å². The second kappa shape index (κ2) is 8.61. The molecule has 0 fully saturated rings. The molecule has 2 aromatic heterocycles. The van der Waals surface area contributed by atoms with Gasteiger partial charge in [-0.1, -0.05) is 0 Å². The number of carbonyl (C=O) groups is 2. The molecule has 8 heteroatoms. The van der Waals surface area contributed by atoms with Crippen molar-refractivity contribution in [1.29, 1.82) is 0 Å². The van der Waals surface area contributed by atoms with Gasteiger partial charge in [-0.25, -0.2) is 9.78 Å². The molecule has 0 unspecified atom stereocenters. The number of anilines is 2. The first-order valence-corrected chi connectivity index (χ1v) is 10.7. The number of pyridine rings is 1. The summed E-state index contributed by atoms with van der Waals surface area (Å²) in [5, 5.41) is 4.44. The van der Waals surface area contributed by atoms with E-state index in [0.29, 0.717) is 39.9 Å². The number of hydrogen-bond donors (Lipinski definition) is 2. The fourth-order valence-electron chi connectivity index (χ4n) is 3.20. The second-order valence-electron chi connectivity index (χ2n) is 6.73. The first-order chi connectivity index (χ1) is 15.0. The van der Waals surface area contributed by atoms with Crippen molar-refractivity contribution in [2.45, 2.75) is 13.8 Å². The van der Waals surface area contributed by atoms with Crippen molar-refractivity contribution < 1.29 is 19.1 Å². The molecule has 0 aliphatic rings. The molecular formula is C23H21N3O4S. The summed E-state index contributed by atoms with van der Waals surface area (Å²) in [5.74, 6) is 0.0254. The molecule has 31 heavy (non-hydrogen) atoms. The van der Waals surface area contributed by atoms with Gasteiger partial charge in [0.1, 0.15) is 15.5 Å². The summed E-state index contributed by atoms with van der Waals surface area (Å²) in [5.41, 5.74) is 8.46. The zero-order valence-corrected chi connectivity index (χ0v) is 17.9. The molecule has 0 saturated heterocycles. The zero-order chi connectivity index (χ0) is 22.0. The van der Waals surface area contributed by atoms with Crippen molar-refractivity contribution in [2.75, 3.05) is 24.3 Å². The summed E-state index contributed by atoms with van der Waals surface area (Å²) in [6, 6.07) is 14.1. The number of nitrogens with zero attached hydrogens (tertiary/aromatic N) is 1. The highest BCUT2D eigenvalue weighted by Gasteiger charge is 2.18. The largest absolute Gasteiger partial charge is 0.494 e. The number of aromatic nitrogens is 1. The minimum absolute atomic E-state index is 0.304. The van der Waals surface area contributed by atoms with E-state index in [4.69, 9.17) is 15.2 Å². The van der Waals surface area contributed by atoms with Gasteiger partial charge in [-0.05, 0) is 62.4 Å². The van der Waals surface area contributed by atoms with Crippen molar-refractivity contribution in [1.82, 2.24) is 4.98 Å². The predicted molar refractivity (Wildman–Crippen MR) is 123 cm³/mol. The van der Waals surface area contributed by atoms with E-state index < -0.39 is 5.97 Å². The van der Waals surface area contributed by atoms with Crippen LogP contribution >= 0.6 is 11.3 Å². The number of amides is 1. The van der Waals surface area contributed by atoms with Crippen LogP contribution in [0, 0.1) is 0 Å². The van der Waals surface area contributed by atoms with Crippen LogP contribution in [0.3, 0.4) is 0 Å². The second-order valence-corrected chi connectivity index (χ2v) is 7.72. The third kappa shape index (κ3) is 4.15. The lowest BCUT2D eigenvalue weighted by molar-refractivity contribution is 0.0526.